The van der Waals surface area contributed by atoms with Crippen LogP contribution in [0.5, 0.6) is 0 Å². The van der Waals surface area contributed by atoms with E-state index in [1.54, 1.807) is 24.3 Å². The van der Waals surface area contributed by atoms with Gasteiger partial charge in [0.05, 0.1) is 5.39 Å². The van der Waals surface area contributed by atoms with Crippen molar-refractivity contribution in [1.82, 2.24) is 15.3 Å². The standard InChI is InChI=1S/C19H21N5O3/c1-12-10-17(24(2)3)23-19(22-12)21-9-8-20-18(26)16-11-14(25)13-6-4-5-7-15(13)27-16/h4-7,10-11H,8-9H2,1-3H3,(H,20,26)(H,21,22,23). The minimum atomic E-state index is -0.446. The first-order valence-corrected chi connectivity index (χ1v) is 8.52. The number of benzene rings is 1. The highest BCUT2D eigenvalue weighted by molar-refractivity contribution is 5.93. The average molecular weight is 367 g/mol. The molecule has 0 saturated carbocycles. The molecule has 2 heterocycles. The number of fused-ring (bicyclic) bond motifs is 1. The van der Waals surface area contributed by atoms with Crippen LogP contribution in [0, 0.1) is 6.92 Å². The monoisotopic (exact) mass is 367 g/mol. The number of hydrogen-bond acceptors (Lipinski definition) is 7. The number of aryl methyl sites for hydroxylation is 1. The van der Waals surface area contributed by atoms with Crippen molar-refractivity contribution >= 4 is 28.6 Å². The Kier molecular flexibility index (Phi) is 5.35. The summed E-state index contributed by atoms with van der Waals surface area (Å²) >= 11 is 0. The van der Waals surface area contributed by atoms with Crippen molar-refractivity contribution in [3.05, 3.63) is 58.1 Å². The number of para-hydroxylation sites is 1. The van der Waals surface area contributed by atoms with Crippen molar-refractivity contribution in [2.45, 2.75) is 6.92 Å². The van der Waals surface area contributed by atoms with Crippen molar-refractivity contribution in [1.29, 1.82) is 0 Å². The van der Waals surface area contributed by atoms with Crippen LogP contribution in [0.4, 0.5) is 11.8 Å². The van der Waals surface area contributed by atoms with Gasteiger partial charge in [-0.15, -0.1) is 0 Å². The van der Waals surface area contributed by atoms with Gasteiger partial charge in [-0.2, -0.15) is 4.98 Å². The van der Waals surface area contributed by atoms with E-state index in [1.165, 1.54) is 6.07 Å². The molecular formula is C19H21N5O3. The summed E-state index contributed by atoms with van der Waals surface area (Å²) in [4.78, 5) is 34.9. The minimum Gasteiger partial charge on any atom is -0.451 e. The maximum absolute atomic E-state index is 12.2. The molecule has 0 unspecified atom stereocenters. The molecule has 8 heteroatoms. The van der Waals surface area contributed by atoms with Crippen molar-refractivity contribution in [2.75, 3.05) is 37.4 Å². The normalized spacial score (nSPS) is 10.6. The lowest BCUT2D eigenvalue weighted by atomic mass is 10.2. The summed E-state index contributed by atoms with van der Waals surface area (Å²) in [5, 5.41) is 6.23. The number of aromatic nitrogens is 2. The molecule has 0 aliphatic rings. The molecule has 0 aliphatic carbocycles. The van der Waals surface area contributed by atoms with E-state index in [4.69, 9.17) is 4.42 Å². The average Bonchev–Trinajstić information content (AvgIpc) is 2.64. The lowest BCUT2D eigenvalue weighted by Crippen LogP contribution is -2.29. The van der Waals surface area contributed by atoms with Gasteiger partial charge < -0.3 is 20.0 Å². The van der Waals surface area contributed by atoms with Gasteiger partial charge in [0.15, 0.2) is 11.2 Å². The van der Waals surface area contributed by atoms with Gasteiger partial charge in [0.1, 0.15) is 11.4 Å². The fraction of sp³-hybridized carbons (Fsp3) is 0.263. The Bertz CT molecular complexity index is 1030. The first-order valence-electron chi connectivity index (χ1n) is 8.52. The molecule has 1 aromatic carbocycles. The predicted molar refractivity (Wildman–Crippen MR) is 104 cm³/mol. The van der Waals surface area contributed by atoms with Gasteiger partial charge in [-0.25, -0.2) is 4.98 Å². The number of amides is 1. The number of nitrogens with one attached hydrogen (secondary N) is 2. The van der Waals surface area contributed by atoms with Crippen LogP contribution in [0.25, 0.3) is 11.0 Å². The molecular weight excluding hydrogens is 346 g/mol. The SMILES string of the molecule is Cc1cc(N(C)C)nc(NCCNC(=O)c2cc(=O)c3ccccc3o2)n1. The van der Waals surface area contributed by atoms with Crippen LogP contribution in [-0.4, -0.2) is 43.1 Å². The van der Waals surface area contributed by atoms with Gasteiger partial charge >= 0.3 is 0 Å². The largest absolute Gasteiger partial charge is 0.451 e. The summed E-state index contributed by atoms with van der Waals surface area (Å²) < 4.78 is 5.51. The highest BCUT2D eigenvalue weighted by Gasteiger charge is 2.11. The Labute approximate surface area is 156 Å². The summed E-state index contributed by atoms with van der Waals surface area (Å²) in [6, 6.07) is 9.91. The number of hydrogen-bond donors (Lipinski definition) is 2. The second kappa shape index (κ2) is 7.86. The zero-order chi connectivity index (χ0) is 19.4. The van der Waals surface area contributed by atoms with Crippen LogP contribution in [0.2, 0.25) is 0 Å². The molecule has 27 heavy (non-hydrogen) atoms. The molecule has 2 N–H and O–H groups in total. The topological polar surface area (TPSA) is 100 Å². The molecule has 0 saturated heterocycles. The number of carbonyl (C=O) groups excluding carboxylic acids is 1. The highest BCUT2D eigenvalue weighted by atomic mass is 16.3. The lowest BCUT2D eigenvalue weighted by molar-refractivity contribution is 0.0928. The van der Waals surface area contributed by atoms with E-state index in [9.17, 15) is 9.59 Å². The minimum absolute atomic E-state index is 0.0135. The van der Waals surface area contributed by atoms with E-state index < -0.39 is 5.91 Å². The second-order valence-electron chi connectivity index (χ2n) is 6.24. The zero-order valence-corrected chi connectivity index (χ0v) is 15.4. The van der Waals surface area contributed by atoms with Gasteiger partial charge in [0.2, 0.25) is 5.95 Å². The predicted octanol–water partition coefficient (Wildman–Crippen LogP) is 1.80. The lowest BCUT2D eigenvalue weighted by Gasteiger charge is -2.13. The molecule has 3 rings (SSSR count). The molecule has 0 fully saturated rings. The van der Waals surface area contributed by atoms with Gasteiger partial charge in [-0.05, 0) is 19.1 Å². The molecule has 140 valence electrons. The molecule has 0 aliphatic heterocycles. The summed E-state index contributed by atoms with van der Waals surface area (Å²) in [5.41, 5.74) is 0.986. The fourth-order valence-corrected chi connectivity index (χ4v) is 2.51. The summed E-state index contributed by atoms with van der Waals surface area (Å²) in [6.07, 6.45) is 0. The van der Waals surface area contributed by atoms with Crippen molar-refractivity contribution < 1.29 is 9.21 Å². The molecule has 0 bridgehead atoms. The van der Waals surface area contributed by atoms with Gasteiger partial charge in [0.25, 0.3) is 5.91 Å². The molecule has 8 nitrogen and oxygen atoms in total. The molecule has 0 spiro atoms. The number of anilines is 2. The van der Waals surface area contributed by atoms with E-state index in [1.807, 2.05) is 32.0 Å². The number of carbonyl (C=O) groups is 1. The van der Waals surface area contributed by atoms with E-state index >= 15 is 0 Å². The Balaban J connectivity index is 1.60. The number of rotatable bonds is 6. The van der Waals surface area contributed by atoms with Crippen LogP contribution in [0.3, 0.4) is 0 Å². The van der Waals surface area contributed by atoms with E-state index in [-0.39, 0.29) is 11.2 Å². The van der Waals surface area contributed by atoms with Gasteiger partial charge in [-0.3, -0.25) is 9.59 Å². The van der Waals surface area contributed by atoms with E-state index in [2.05, 4.69) is 20.6 Å². The Morgan fingerprint density at radius 3 is 2.70 bits per heavy atom. The maximum atomic E-state index is 12.2. The Morgan fingerprint density at radius 2 is 1.93 bits per heavy atom. The Hall–Kier alpha value is -3.42. The van der Waals surface area contributed by atoms with Crippen LogP contribution in [-0.2, 0) is 0 Å². The number of nitrogens with zero attached hydrogens (tertiary/aromatic N) is 3. The van der Waals surface area contributed by atoms with Crippen molar-refractivity contribution in [3.8, 4) is 0 Å². The van der Waals surface area contributed by atoms with Crippen molar-refractivity contribution in [2.24, 2.45) is 0 Å². The van der Waals surface area contributed by atoms with Crippen LogP contribution in [0.1, 0.15) is 16.2 Å². The highest BCUT2D eigenvalue weighted by Crippen LogP contribution is 2.12. The summed E-state index contributed by atoms with van der Waals surface area (Å²) in [7, 11) is 3.81. The van der Waals surface area contributed by atoms with Crippen LogP contribution < -0.4 is 21.0 Å². The van der Waals surface area contributed by atoms with Crippen molar-refractivity contribution in [3.63, 3.8) is 0 Å². The third kappa shape index (κ3) is 4.41. The van der Waals surface area contributed by atoms with Gasteiger partial charge in [0, 0.05) is 45.0 Å². The van der Waals surface area contributed by atoms with Crippen LogP contribution in [0.15, 0.2) is 45.6 Å². The molecule has 0 radical (unpaired) electrons. The quantitative estimate of drug-likeness (QED) is 0.641. The zero-order valence-electron chi connectivity index (χ0n) is 15.4. The fourth-order valence-electron chi connectivity index (χ4n) is 2.51. The first kappa shape index (κ1) is 18.4. The summed E-state index contributed by atoms with van der Waals surface area (Å²) in [6.45, 7) is 2.65. The third-order valence-corrected chi connectivity index (χ3v) is 3.85. The maximum Gasteiger partial charge on any atom is 0.287 e. The third-order valence-electron chi connectivity index (χ3n) is 3.85. The first-order chi connectivity index (χ1) is 12.9. The van der Waals surface area contributed by atoms with E-state index in [0.717, 1.165) is 11.5 Å². The molecule has 3 aromatic rings. The smallest absolute Gasteiger partial charge is 0.287 e. The molecule has 1 amide bonds. The van der Waals surface area contributed by atoms with Gasteiger partial charge in [-0.1, -0.05) is 12.1 Å². The molecule has 0 atom stereocenters. The second-order valence-corrected chi connectivity index (χ2v) is 6.24. The molecule has 2 aromatic heterocycles. The van der Waals surface area contributed by atoms with E-state index in [0.29, 0.717) is 30.0 Å². The van der Waals surface area contributed by atoms with Crippen LogP contribution >= 0.6 is 0 Å². The Morgan fingerprint density at radius 1 is 1.15 bits per heavy atom. The summed E-state index contributed by atoms with van der Waals surface area (Å²) in [5.74, 6) is 0.830.